The predicted octanol–water partition coefficient (Wildman–Crippen LogP) is 3.37. The predicted molar refractivity (Wildman–Crippen MR) is 76.7 cm³/mol. The highest BCUT2D eigenvalue weighted by Gasteiger charge is 2.30. The molecule has 20 heavy (non-hydrogen) atoms. The summed E-state index contributed by atoms with van der Waals surface area (Å²) in [5, 5.41) is 9.27. The maximum Gasteiger partial charge on any atom is 0.255 e. The summed E-state index contributed by atoms with van der Waals surface area (Å²) in [5.74, 6) is -0.926. The van der Waals surface area contributed by atoms with Gasteiger partial charge in [-0.05, 0) is 37.8 Å². The van der Waals surface area contributed by atoms with Crippen LogP contribution in [0, 0.1) is 11.7 Å². The van der Waals surface area contributed by atoms with E-state index in [0.717, 1.165) is 18.9 Å². The molecule has 1 aliphatic rings. The zero-order valence-electron chi connectivity index (χ0n) is 11.1. The number of nitrogens with zero attached hydrogens (tertiary/aromatic N) is 1. The SMILES string of the molecule is CC1CCC(CO)CN1C(=O)c1cc(F)c(Cl)cc1Cl. The molecule has 2 unspecified atom stereocenters. The van der Waals surface area contributed by atoms with Gasteiger partial charge in [0, 0.05) is 19.2 Å². The second-order valence-electron chi connectivity index (χ2n) is 5.18. The molecule has 0 radical (unpaired) electrons. The fourth-order valence-electron chi connectivity index (χ4n) is 2.46. The number of hydrogen-bond donors (Lipinski definition) is 1. The molecule has 1 aromatic rings. The van der Waals surface area contributed by atoms with Gasteiger partial charge in [0.05, 0.1) is 15.6 Å². The highest BCUT2D eigenvalue weighted by Crippen LogP contribution is 2.28. The second-order valence-corrected chi connectivity index (χ2v) is 5.99. The molecule has 1 fully saturated rings. The molecule has 1 aliphatic heterocycles. The summed E-state index contributed by atoms with van der Waals surface area (Å²) in [6.45, 7) is 2.43. The van der Waals surface area contributed by atoms with E-state index in [1.165, 1.54) is 6.07 Å². The van der Waals surface area contributed by atoms with Crippen molar-refractivity contribution in [2.45, 2.75) is 25.8 Å². The molecule has 2 atom stereocenters. The molecule has 0 aliphatic carbocycles. The lowest BCUT2D eigenvalue weighted by molar-refractivity contribution is 0.0488. The highest BCUT2D eigenvalue weighted by molar-refractivity contribution is 6.36. The van der Waals surface area contributed by atoms with Crippen LogP contribution in [-0.4, -0.2) is 35.1 Å². The zero-order chi connectivity index (χ0) is 14.9. The minimum atomic E-state index is -0.664. The standard InChI is InChI=1S/C14H16Cl2FNO2/c1-8-2-3-9(7-19)6-18(8)14(20)10-4-13(17)12(16)5-11(10)15/h4-5,8-9,19H,2-3,6-7H2,1H3. The van der Waals surface area contributed by atoms with Gasteiger partial charge in [-0.2, -0.15) is 0 Å². The van der Waals surface area contributed by atoms with Crippen LogP contribution in [0.4, 0.5) is 4.39 Å². The number of rotatable bonds is 2. The normalized spacial score (nSPS) is 22.9. The third-order valence-corrected chi connectivity index (χ3v) is 4.34. The van der Waals surface area contributed by atoms with Crippen LogP contribution in [0.25, 0.3) is 0 Å². The van der Waals surface area contributed by atoms with E-state index >= 15 is 0 Å². The number of piperidine rings is 1. The fourth-order valence-corrected chi connectivity index (χ4v) is 2.92. The number of halogens is 3. The van der Waals surface area contributed by atoms with Crippen LogP contribution in [0.3, 0.4) is 0 Å². The summed E-state index contributed by atoms with van der Waals surface area (Å²) in [6, 6.07) is 2.35. The Kier molecular flexibility index (Phi) is 4.89. The second kappa shape index (κ2) is 6.29. The molecular formula is C14H16Cl2FNO2. The molecule has 0 aromatic heterocycles. The monoisotopic (exact) mass is 319 g/mol. The van der Waals surface area contributed by atoms with E-state index in [-0.39, 0.29) is 40.1 Å². The van der Waals surface area contributed by atoms with Crippen molar-refractivity contribution in [2.75, 3.05) is 13.2 Å². The van der Waals surface area contributed by atoms with Gasteiger partial charge in [0.2, 0.25) is 0 Å². The first-order valence-electron chi connectivity index (χ1n) is 6.50. The molecule has 0 saturated carbocycles. The lowest BCUT2D eigenvalue weighted by atomic mass is 9.93. The Morgan fingerprint density at radius 3 is 2.75 bits per heavy atom. The largest absolute Gasteiger partial charge is 0.396 e. The van der Waals surface area contributed by atoms with Crippen molar-refractivity contribution in [3.8, 4) is 0 Å². The molecule has 1 saturated heterocycles. The van der Waals surface area contributed by atoms with Crippen molar-refractivity contribution < 1.29 is 14.3 Å². The smallest absolute Gasteiger partial charge is 0.255 e. The fraction of sp³-hybridized carbons (Fsp3) is 0.500. The topological polar surface area (TPSA) is 40.5 Å². The Morgan fingerprint density at radius 2 is 2.10 bits per heavy atom. The Labute approximate surface area is 127 Å². The van der Waals surface area contributed by atoms with Crippen molar-refractivity contribution in [1.82, 2.24) is 4.90 Å². The van der Waals surface area contributed by atoms with Gasteiger partial charge in [0.1, 0.15) is 5.82 Å². The molecule has 3 nitrogen and oxygen atoms in total. The molecule has 1 amide bonds. The van der Waals surface area contributed by atoms with Crippen LogP contribution in [-0.2, 0) is 0 Å². The first-order chi connectivity index (χ1) is 9.43. The lowest BCUT2D eigenvalue weighted by Crippen LogP contribution is -2.46. The Hall–Kier alpha value is -0.840. The van der Waals surface area contributed by atoms with Crippen LogP contribution in [0.5, 0.6) is 0 Å². The summed E-state index contributed by atoms with van der Waals surface area (Å²) < 4.78 is 13.5. The van der Waals surface area contributed by atoms with Crippen LogP contribution in [0.1, 0.15) is 30.1 Å². The molecule has 6 heteroatoms. The number of aliphatic hydroxyl groups is 1. The van der Waals surface area contributed by atoms with Crippen molar-refractivity contribution in [1.29, 1.82) is 0 Å². The summed E-state index contributed by atoms with van der Waals surface area (Å²) in [7, 11) is 0. The number of aliphatic hydroxyl groups excluding tert-OH is 1. The van der Waals surface area contributed by atoms with E-state index in [9.17, 15) is 14.3 Å². The van der Waals surface area contributed by atoms with Crippen molar-refractivity contribution in [3.05, 3.63) is 33.6 Å². The van der Waals surface area contributed by atoms with Crippen molar-refractivity contribution in [3.63, 3.8) is 0 Å². The molecule has 1 N–H and O–H groups in total. The molecule has 0 bridgehead atoms. The molecule has 110 valence electrons. The maximum absolute atomic E-state index is 13.5. The first-order valence-corrected chi connectivity index (χ1v) is 7.26. The van der Waals surface area contributed by atoms with Crippen molar-refractivity contribution in [2.24, 2.45) is 5.92 Å². The van der Waals surface area contributed by atoms with Crippen molar-refractivity contribution >= 4 is 29.1 Å². The molecule has 1 heterocycles. The first kappa shape index (κ1) is 15.5. The summed E-state index contributed by atoms with van der Waals surface area (Å²) in [5.41, 5.74) is 0.110. The van der Waals surface area contributed by atoms with Gasteiger partial charge >= 0.3 is 0 Å². The van der Waals surface area contributed by atoms with E-state index in [4.69, 9.17) is 23.2 Å². The van der Waals surface area contributed by atoms with Crippen LogP contribution >= 0.6 is 23.2 Å². The van der Waals surface area contributed by atoms with Crippen LogP contribution < -0.4 is 0 Å². The van der Waals surface area contributed by atoms with Gasteiger partial charge in [-0.25, -0.2) is 4.39 Å². The molecular weight excluding hydrogens is 304 g/mol. The third-order valence-electron chi connectivity index (χ3n) is 3.74. The molecule has 2 rings (SSSR count). The Morgan fingerprint density at radius 1 is 1.40 bits per heavy atom. The van der Waals surface area contributed by atoms with Gasteiger partial charge in [-0.1, -0.05) is 23.2 Å². The quantitative estimate of drug-likeness (QED) is 0.849. The van der Waals surface area contributed by atoms with E-state index in [1.54, 1.807) is 4.90 Å². The van der Waals surface area contributed by atoms with E-state index in [2.05, 4.69) is 0 Å². The minimum Gasteiger partial charge on any atom is -0.396 e. The van der Waals surface area contributed by atoms with Crippen LogP contribution in [0.15, 0.2) is 12.1 Å². The Bertz CT molecular complexity index is 524. The minimum absolute atomic E-state index is 0.0409. The van der Waals surface area contributed by atoms with E-state index in [0.29, 0.717) is 6.54 Å². The van der Waals surface area contributed by atoms with Gasteiger partial charge in [-0.15, -0.1) is 0 Å². The Balaban J connectivity index is 2.28. The molecule has 1 aromatic carbocycles. The van der Waals surface area contributed by atoms with Gasteiger partial charge < -0.3 is 10.0 Å². The summed E-state index contributed by atoms with van der Waals surface area (Å²) in [6.07, 6.45) is 1.69. The van der Waals surface area contributed by atoms with E-state index in [1.807, 2.05) is 6.92 Å². The number of carbonyl (C=O) groups excluding carboxylic acids is 1. The average Bonchev–Trinajstić information content (AvgIpc) is 2.42. The third kappa shape index (κ3) is 3.08. The number of benzene rings is 1. The summed E-state index contributed by atoms with van der Waals surface area (Å²) in [4.78, 5) is 14.1. The average molecular weight is 320 g/mol. The van der Waals surface area contributed by atoms with Gasteiger partial charge in [0.15, 0.2) is 0 Å². The number of amides is 1. The highest BCUT2D eigenvalue weighted by atomic mass is 35.5. The van der Waals surface area contributed by atoms with Gasteiger partial charge in [0.25, 0.3) is 5.91 Å². The van der Waals surface area contributed by atoms with Gasteiger partial charge in [-0.3, -0.25) is 4.79 Å². The lowest BCUT2D eigenvalue weighted by Gasteiger charge is -2.37. The zero-order valence-corrected chi connectivity index (χ0v) is 12.6. The number of hydrogen-bond acceptors (Lipinski definition) is 2. The number of carbonyl (C=O) groups is 1. The summed E-state index contributed by atoms with van der Waals surface area (Å²) >= 11 is 11.6. The van der Waals surface area contributed by atoms with Crippen LogP contribution in [0.2, 0.25) is 10.0 Å². The maximum atomic E-state index is 13.5. The number of likely N-dealkylation sites (tertiary alicyclic amines) is 1. The van der Waals surface area contributed by atoms with E-state index < -0.39 is 5.82 Å². The molecule has 0 spiro atoms.